The van der Waals surface area contributed by atoms with Crippen molar-refractivity contribution in [1.82, 2.24) is 36.6 Å². The zero-order valence-electron chi connectivity index (χ0n) is 36.3. The third kappa shape index (κ3) is 6.52. The van der Waals surface area contributed by atoms with Crippen molar-refractivity contribution in [1.29, 1.82) is 0 Å². The van der Waals surface area contributed by atoms with Crippen LogP contribution in [0.2, 0.25) is 0 Å². The molecule has 0 fully saturated rings. The second-order valence-electron chi connectivity index (χ2n) is 16.5. The molecule has 2 aliphatic heterocycles. The second kappa shape index (κ2) is 15.7. The summed E-state index contributed by atoms with van der Waals surface area (Å²) in [5.41, 5.74) is 5.40. The van der Waals surface area contributed by atoms with E-state index in [-0.39, 0.29) is 0 Å². The van der Waals surface area contributed by atoms with E-state index < -0.39 is 15.2 Å². The maximum absolute atomic E-state index is 6.78. The fourth-order valence-corrected chi connectivity index (χ4v) is 10.7. The van der Waals surface area contributed by atoms with E-state index in [4.69, 9.17) is 48.9 Å². The van der Waals surface area contributed by atoms with Crippen molar-refractivity contribution in [2.24, 2.45) is 0 Å². The van der Waals surface area contributed by atoms with E-state index in [2.05, 4.69) is 18.9 Å². The van der Waals surface area contributed by atoms with Crippen LogP contribution in [-0.4, -0.2) is 51.9 Å². The summed E-state index contributed by atoms with van der Waals surface area (Å²) in [4.78, 5) is 32.8. The van der Waals surface area contributed by atoms with Gasteiger partial charge in [0.1, 0.15) is 0 Å². The summed E-state index contributed by atoms with van der Waals surface area (Å²) in [7, 11) is 0. The van der Waals surface area contributed by atoms with E-state index in [1.165, 1.54) is 0 Å². The van der Waals surface area contributed by atoms with E-state index in [0.29, 0.717) is 103 Å². The number of nitrogens with zero attached hydrogens (tertiary/aromatic N) is 8. The van der Waals surface area contributed by atoms with Crippen LogP contribution in [-0.2, 0) is 0 Å². The van der Waals surface area contributed by atoms with Crippen LogP contribution >= 0.6 is 0 Å². The van der Waals surface area contributed by atoms with Gasteiger partial charge >= 0.3 is 401 Å². The van der Waals surface area contributed by atoms with Crippen molar-refractivity contribution in [3.8, 4) is 91.5 Å². The summed E-state index contributed by atoms with van der Waals surface area (Å²) >= 11 is -1.02. The molecule has 0 atom stereocenters. The number of para-hydroxylation sites is 4. The van der Waals surface area contributed by atoms with Crippen molar-refractivity contribution in [3.05, 3.63) is 194 Å². The first-order chi connectivity index (χ1) is 34.2. The second-order valence-corrected chi connectivity index (χ2v) is 17.8. The number of aromatic nitrogens is 8. The van der Waals surface area contributed by atoms with E-state index in [1.54, 1.807) is 0 Å². The van der Waals surface area contributed by atoms with Gasteiger partial charge in [-0.15, -0.1) is 0 Å². The molecule has 12 aromatic rings. The van der Waals surface area contributed by atoms with Gasteiger partial charge < -0.3 is 0 Å². The third-order valence-electron chi connectivity index (χ3n) is 12.3. The van der Waals surface area contributed by atoms with Gasteiger partial charge in [0.05, 0.1) is 0 Å². The van der Waals surface area contributed by atoms with Crippen molar-refractivity contribution >= 4 is 59.4 Å². The average Bonchev–Trinajstić information content (AvgIpc) is 4.10. The zero-order chi connectivity index (χ0) is 45.4. The van der Waals surface area contributed by atoms with E-state index in [1.807, 2.05) is 182 Å². The van der Waals surface area contributed by atoms with Crippen LogP contribution in [0.25, 0.3) is 89.7 Å². The van der Waals surface area contributed by atoms with Gasteiger partial charge in [-0.05, 0) is 0 Å². The Morgan fingerprint density at radius 3 is 1.01 bits per heavy atom. The number of ether oxygens (including phenoxy) is 4. The predicted octanol–water partition coefficient (Wildman–Crippen LogP) is 13.2. The number of fused-ring (bicyclic) bond motifs is 16. The molecule has 6 heterocycles. The quantitative estimate of drug-likeness (QED) is 0.136. The van der Waals surface area contributed by atoms with Crippen LogP contribution in [0.3, 0.4) is 0 Å². The molecular weight excluding hydrogens is 876 g/mol. The van der Waals surface area contributed by atoms with Gasteiger partial charge in [-0.3, -0.25) is 0 Å². The van der Waals surface area contributed by atoms with E-state index in [0.717, 1.165) is 32.7 Å². The molecule has 0 saturated carbocycles. The SMILES string of the molecule is c1ccc(Oc2cccc3c2-c2nc-3nc3c4c(Oc5ccccc5)cccc4c4nc5nc(nc6c7c(Oc8ccccc8)cccc7c(n2)[n]6[Al+][n]43)-c2cccc(Oc3ccccc3)c2-5)cc1. The van der Waals surface area contributed by atoms with Crippen LogP contribution in [0.4, 0.5) is 0 Å². The van der Waals surface area contributed by atoms with Gasteiger partial charge in [-0.25, -0.2) is 0 Å². The molecule has 0 amide bonds. The zero-order valence-corrected chi connectivity index (χ0v) is 37.4. The molecule has 0 N–H and O–H groups in total. The fraction of sp³-hybridized carbons (Fsp3) is 0. The molecule has 6 bridgehead atoms. The number of benzene rings is 8. The van der Waals surface area contributed by atoms with E-state index in [9.17, 15) is 0 Å². The molecule has 0 unspecified atom stereocenters. The van der Waals surface area contributed by atoms with Crippen LogP contribution < -0.4 is 18.9 Å². The molecule has 13 heteroatoms. The topological polar surface area (TPSA) is 123 Å². The van der Waals surface area contributed by atoms with Gasteiger partial charge in [0, 0.05) is 0 Å². The molecule has 322 valence electrons. The Morgan fingerprint density at radius 2 is 0.623 bits per heavy atom. The third-order valence-corrected chi connectivity index (χ3v) is 13.7. The Kier molecular flexibility index (Phi) is 8.91. The molecule has 2 aliphatic rings. The summed E-state index contributed by atoms with van der Waals surface area (Å²) in [5.74, 6) is 6.92. The molecule has 4 aromatic heterocycles. The summed E-state index contributed by atoms with van der Waals surface area (Å²) in [6.45, 7) is 0. The average molecular weight is 908 g/mol. The first-order valence-electron chi connectivity index (χ1n) is 22.3. The Bertz CT molecular complexity index is 3880. The van der Waals surface area contributed by atoms with Crippen LogP contribution in [0, 0.1) is 0 Å². The molecule has 0 radical (unpaired) electrons. The number of rotatable bonds is 8. The minimum absolute atomic E-state index is 0.445. The Morgan fingerprint density at radius 1 is 0.290 bits per heavy atom. The van der Waals surface area contributed by atoms with Gasteiger partial charge in [-0.2, -0.15) is 0 Å². The first kappa shape index (κ1) is 39.1. The van der Waals surface area contributed by atoms with Crippen LogP contribution in [0.1, 0.15) is 0 Å². The summed E-state index contributed by atoms with van der Waals surface area (Å²) < 4.78 is 31.2. The molecule has 0 aliphatic carbocycles. The standard InChI is InChI=1S/C56H32N8O4.Al/c1-5-17-33(18-6-1)65-41-29-13-25-37-45(41)53-57-49(37)62-54-47-39(27-15-31-43(47)67-35-21-9-3-10-22-35)51(59-54)64-56-48-40(28-16-32-44(48)68-36-23-11-4-12-24-36)52(60-56)63-55-46-38(50(58-55)61-53)26-14-30-42(46)66-34-19-7-2-8-20-34;/h1-32H;/q-2;+3. The van der Waals surface area contributed by atoms with Crippen molar-refractivity contribution in [2.75, 3.05) is 0 Å². The molecule has 8 aromatic carbocycles. The summed E-state index contributed by atoms with van der Waals surface area (Å²) in [6, 6.07) is 62.8. The first-order valence-corrected chi connectivity index (χ1v) is 23.4. The molecule has 0 saturated heterocycles. The molecule has 12 nitrogen and oxygen atoms in total. The minimum atomic E-state index is -1.02. The monoisotopic (exact) mass is 907 g/mol. The normalized spacial score (nSPS) is 11.7. The number of hydrogen-bond acceptors (Lipinski definition) is 10. The van der Waals surface area contributed by atoms with Gasteiger partial charge in [0.15, 0.2) is 0 Å². The Balaban J connectivity index is 1.18. The Labute approximate surface area is 398 Å². The Hall–Kier alpha value is -9.15. The molecule has 0 spiro atoms. The van der Waals surface area contributed by atoms with E-state index >= 15 is 0 Å². The van der Waals surface area contributed by atoms with Gasteiger partial charge in [-0.1, -0.05) is 0 Å². The van der Waals surface area contributed by atoms with Crippen LogP contribution in [0.15, 0.2) is 194 Å². The molecular formula is C56H32AlN8O4+. The van der Waals surface area contributed by atoms with Crippen LogP contribution in [0.5, 0.6) is 46.0 Å². The summed E-state index contributed by atoms with van der Waals surface area (Å²) in [6.07, 6.45) is 0. The van der Waals surface area contributed by atoms with Crippen molar-refractivity contribution < 1.29 is 18.9 Å². The predicted molar refractivity (Wildman–Crippen MR) is 266 cm³/mol. The van der Waals surface area contributed by atoms with Crippen molar-refractivity contribution in [2.45, 2.75) is 0 Å². The number of hydrogen-bond donors (Lipinski definition) is 0. The fourth-order valence-electron chi connectivity index (χ4n) is 9.24. The summed E-state index contributed by atoms with van der Waals surface area (Å²) in [5, 5.41) is 3.11. The van der Waals surface area contributed by atoms with Crippen molar-refractivity contribution in [3.63, 3.8) is 0 Å². The van der Waals surface area contributed by atoms with Gasteiger partial charge in [0.2, 0.25) is 0 Å². The maximum atomic E-state index is 6.78. The van der Waals surface area contributed by atoms with Gasteiger partial charge in [0.25, 0.3) is 0 Å². The molecule has 69 heavy (non-hydrogen) atoms. The molecule has 14 rings (SSSR count).